The van der Waals surface area contributed by atoms with Crippen LogP contribution in [0, 0.1) is 0 Å². The number of aromatic amines is 1. The Bertz CT molecular complexity index is 1180. The van der Waals surface area contributed by atoms with Gasteiger partial charge >= 0.3 is 0 Å². The lowest BCUT2D eigenvalue weighted by Crippen LogP contribution is -2.48. The summed E-state index contributed by atoms with van der Waals surface area (Å²) < 4.78 is 5.49. The topological polar surface area (TPSA) is 78.3 Å². The predicted octanol–water partition coefficient (Wildman–Crippen LogP) is 4.30. The molecule has 0 unspecified atom stereocenters. The van der Waals surface area contributed by atoms with Gasteiger partial charge in [-0.05, 0) is 23.6 Å². The van der Waals surface area contributed by atoms with Crippen LogP contribution in [-0.4, -0.2) is 57.0 Å². The van der Waals surface area contributed by atoms with Gasteiger partial charge in [-0.2, -0.15) is 4.98 Å². The van der Waals surface area contributed by atoms with Crippen LogP contribution in [0.15, 0.2) is 59.1 Å². The molecule has 7 nitrogen and oxygen atoms in total. The van der Waals surface area contributed by atoms with Crippen molar-refractivity contribution in [2.45, 2.75) is 26.3 Å². The quantitative estimate of drug-likeness (QED) is 0.512. The highest BCUT2D eigenvalue weighted by Crippen LogP contribution is 2.21. The van der Waals surface area contributed by atoms with Gasteiger partial charge in [-0.1, -0.05) is 61.5 Å². The lowest BCUT2D eigenvalue weighted by atomic mass is 10.0. The lowest BCUT2D eigenvalue weighted by molar-refractivity contribution is 0.0610. The predicted molar refractivity (Wildman–Crippen MR) is 123 cm³/mol. The maximum atomic E-state index is 12.9. The van der Waals surface area contributed by atoms with Gasteiger partial charge in [0.15, 0.2) is 0 Å². The average molecular weight is 430 g/mol. The molecule has 1 saturated heterocycles. The van der Waals surface area contributed by atoms with Crippen molar-refractivity contribution >= 4 is 16.8 Å². The molecule has 2 aromatic carbocycles. The molecule has 2 aromatic heterocycles. The molecule has 0 aliphatic carbocycles. The molecule has 1 N–H and O–H groups in total. The molecule has 0 spiro atoms. The number of amides is 1. The summed E-state index contributed by atoms with van der Waals surface area (Å²) in [5.41, 5.74) is 3.88. The number of nitrogens with one attached hydrogen (secondary N) is 1. The van der Waals surface area contributed by atoms with Gasteiger partial charge in [0.25, 0.3) is 5.91 Å². The fourth-order valence-corrected chi connectivity index (χ4v) is 4.11. The van der Waals surface area contributed by atoms with E-state index in [4.69, 9.17) is 4.52 Å². The third-order valence-electron chi connectivity index (χ3n) is 6.08. The van der Waals surface area contributed by atoms with Crippen molar-refractivity contribution < 1.29 is 9.32 Å². The van der Waals surface area contributed by atoms with Gasteiger partial charge in [-0.3, -0.25) is 9.69 Å². The second-order valence-corrected chi connectivity index (χ2v) is 8.63. The van der Waals surface area contributed by atoms with Crippen molar-refractivity contribution in [2.75, 3.05) is 26.2 Å². The summed E-state index contributed by atoms with van der Waals surface area (Å²) in [6.45, 7) is 7.83. The third kappa shape index (κ3) is 4.16. The Hall–Kier alpha value is -3.45. The Morgan fingerprint density at radius 2 is 1.81 bits per heavy atom. The van der Waals surface area contributed by atoms with Crippen molar-refractivity contribution in [3.8, 4) is 11.4 Å². The first-order valence-corrected chi connectivity index (χ1v) is 11.1. The van der Waals surface area contributed by atoms with E-state index in [1.54, 1.807) is 0 Å². The van der Waals surface area contributed by atoms with Crippen molar-refractivity contribution in [3.05, 3.63) is 71.7 Å². The van der Waals surface area contributed by atoms with E-state index in [2.05, 4.69) is 46.0 Å². The van der Waals surface area contributed by atoms with E-state index < -0.39 is 0 Å². The van der Waals surface area contributed by atoms with Crippen LogP contribution in [-0.2, 0) is 6.54 Å². The number of benzene rings is 2. The number of para-hydroxylation sites is 1. The standard InChI is InChI=1S/C25H27N5O2/c1-17(2)18-7-9-19(10-8-18)24-27-23(32-28-24)16-29-11-13-30(14-12-29)25(31)22-15-20-5-3-4-6-21(20)26-22/h3-10,15,17,26H,11-14,16H2,1-2H3. The fourth-order valence-electron chi connectivity index (χ4n) is 4.11. The highest BCUT2D eigenvalue weighted by atomic mass is 16.5. The first-order valence-electron chi connectivity index (χ1n) is 11.1. The number of carbonyl (C=O) groups excluding carboxylic acids is 1. The van der Waals surface area contributed by atoms with Crippen LogP contribution in [0.25, 0.3) is 22.3 Å². The Balaban J connectivity index is 1.18. The second-order valence-electron chi connectivity index (χ2n) is 8.63. The highest BCUT2D eigenvalue weighted by Gasteiger charge is 2.24. The monoisotopic (exact) mass is 429 g/mol. The van der Waals surface area contributed by atoms with E-state index in [9.17, 15) is 4.79 Å². The van der Waals surface area contributed by atoms with Gasteiger partial charge in [0.2, 0.25) is 11.7 Å². The molecule has 0 radical (unpaired) electrons. The molecule has 1 fully saturated rings. The molecule has 7 heteroatoms. The van der Waals surface area contributed by atoms with Crippen LogP contribution in [0.2, 0.25) is 0 Å². The maximum Gasteiger partial charge on any atom is 0.270 e. The Kier molecular flexibility index (Phi) is 5.49. The minimum Gasteiger partial charge on any atom is -0.351 e. The van der Waals surface area contributed by atoms with Crippen molar-refractivity contribution in [2.24, 2.45) is 0 Å². The summed E-state index contributed by atoms with van der Waals surface area (Å²) in [5.74, 6) is 1.75. The van der Waals surface area contributed by atoms with Gasteiger partial charge in [-0.25, -0.2) is 0 Å². The molecular formula is C25H27N5O2. The van der Waals surface area contributed by atoms with E-state index in [0.29, 0.717) is 43.0 Å². The van der Waals surface area contributed by atoms with E-state index in [-0.39, 0.29) is 5.91 Å². The number of aromatic nitrogens is 3. The third-order valence-corrected chi connectivity index (χ3v) is 6.08. The Labute approximate surface area is 187 Å². The van der Waals surface area contributed by atoms with Crippen LogP contribution in [0.3, 0.4) is 0 Å². The number of hydrogen-bond acceptors (Lipinski definition) is 5. The molecule has 1 aliphatic rings. The number of nitrogens with zero attached hydrogens (tertiary/aromatic N) is 4. The van der Waals surface area contributed by atoms with Gasteiger partial charge in [0, 0.05) is 42.6 Å². The first-order chi connectivity index (χ1) is 15.6. The number of fused-ring (bicyclic) bond motifs is 1. The summed E-state index contributed by atoms with van der Waals surface area (Å²) in [7, 11) is 0. The molecule has 164 valence electrons. The van der Waals surface area contributed by atoms with Crippen LogP contribution in [0.4, 0.5) is 0 Å². The van der Waals surface area contributed by atoms with Crippen molar-refractivity contribution in [3.63, 3.8) is 0 Å². The van der Waals surface area contributed by atoms with Gasteiger partial charge < -0.3 is 14.4 Å². The molecular weight excluding hydrogens is 402 g/mol. The van der Waals surface area contributed by atoms with Crippen molar-refractivity contribution in [1.29, 1.82) is 0 Å². The van der Waals surface area contributed by atoms with Gasteiger partial charge in [0.1, 0.15) is 5.69 Å². The zero-order valence-electron chi connectivity index (χ0n) is 18.4. The molecule has 0 bridgehead atoms. The van der Waals surface area contributed by atoms with E-state index in [0.717, 1.165) is 29.6 Å². The molecule has 32 heavy (non-hydrogen) atoms. The van der Waals surface area contributed by atoms with Crippen LogP contribution < -0.4 is 0 Å². The minimum atomic E-state index is 0.0470. The molecule has 4 aromatic rings. The summed E-state index contributed by atoms with van der Waals surface area (Å²) in [5, 5.41) is 5.20. The second kappa shape index (κ2) is 8.59. The summed E-state index contributed by atoms with van der Waals surface area (Å²) in [6.07, 6.45) is 0. The van der Waals surface area contributed by atoms with E-state index >= 15 is 0 Å². The zero-order chi connectivity index (χ0) is 22.1. The van der Waals surface area contributed by atoms with Crippen molar-refractivity contribution in [1.82, 2.24) is 24.9 Å². The largest absolute Gasteiger partial charge is 0.351 e. The molecule has 0 saturated carbocycles. The minimum absolute atomic E-state index is 0.0470. The lowest BCUT2D eigenvalue weighted by Gasteiger charge is -2.33. The highest BCUT2D eigenvalue weighted by molar-refractivity contribution is 5.98. The smallest absolute Gasteiger partial charge is 0.270 e. The number of rotatable bonds is 5. The average Bonchev–Trinajstić information content (AvgIpc) is 3.46. The number of carbonyl (C=O) groups is 1. The number of H-pyrrole nitrogens is 1. The van der Waals surface area contributed by atoms with Gasteiger partial charge in [0.05, 0.1) is 6.54 Å². The molecule has 3 heterocycles. The SMILES string of the molecule is CC(C)c1ccc(-c2noc(CN3CCN(C(=O)c4cc5ccccc5[nH]4)CC3)n2)cc1. The molecule has 0 atom stereocenters. The van der Waals surface area contributed by atoms with E-state index in [1.165, 1.54) is 5.56 Å². The Morgan fingerprint density at radius 3 is 2.53 bits per heavy atom. The Morgan fingerprint density at radius 1 is 1.06 bits per heavy atom. The first kappa shape index (κ1) is 20.5. The molecule has 1 amide bonds. The summed E-state index contributed by atoms with van der Waals surface area (Å²) >= 11 is 0. The van der Waals surface area contributed by atoms with Crippen LogP contribution >= 0.6 is 0 Å². The zero-order valence-corrected chi connectivity index (χ0v) is 18.4. The molecule has 5 rings (SSSR count). The van der Waals surface area contributed by atoms with Crippen LogP contribution in [0.1, 0.15) is 41.7 Å². The van der Waals surface area contributed by atoms with E-state index in [1.807, 2.05) is 47.4 Å². The maximum absolute atomic E-state index is 12.9. The number of hydrogen-bond donors (Lipinski definition) is 1. The van der Waals surface area contributed by atoms with Gasteiger partial charge in [-0.15, -0.1) is 0 Å². The van der Waals surface area contributed by atoms with Crippen LogP contribution in [0.5, 0.6) is 0 Å². The summed E-state index contributed by atoms with van der Waals surface area (Å²) in [6, 6.07) is 18.2. The normalized spacial score (nSPS) is 15.0. The summed E-state index contributed by atoms with van der Waals surface area (Å²) in [4.78, 5) is 24.8. The molecule has 1 aliphatic heterocycles. The number of piperazine rings is 1. The fraction of sp³-hybridized carbons (Fsp3) is 0.320.